The van der Waals surface area contributed by atoms with Crippen LogP contribution in [0, 0.1) is 5.82 Å². The summed E-state index contributed by atoms with van der Waals surface area (Å²) in [5, 5.41) is 10.1. The van der Waals surface area contributed by atoms with Crippen molar-refractivity contribution in [1.29, 1.82) is 0 Å². The first kappa shape index (κ1) is 19.5. The zero-order valence-electron chi connectivity index (χ0n) is 15.7. The van der Waals surface area contributed by atoms with Gasteiger partial charge in [-0.1, -0.05) is 0 Å². The number of likely N-dealkylation sites (N-methyl/N-ethyl adjacent to an activating group) is 1. The van der Waals surface area contributed by atoms with Gasteiger partial charge < -0.3 is 9.67 Å². The van der Waals surface area contributed by atoms with Crippen LogP contribution in [-0.4, -0.2) is 46.4 Å². The average Bonchev–Trinajstić information content (AvgIpc) is 3.00. The standard InChI is InChI=1S/C20H20FN3O4S/c1-23(29(27,28)15-5-2-13(21)3-6-15)14-4-7-18-16(10-20(25)26)17-11-22-9-8-19(17)24(18)12-14/h2-3,5-6,8-9,11,14H,4,7,10,12H2,1H3,(H,25,26)/t14-/m1/s1. The molecule has 0 saturated heterocycles. The summed E-state index contributed by atoms with van der Waals surface area (Å²) in [7, 11) is -2.25. The summed E-state index contributed by atoms with van der Waals surface area (Å²) in [6, 6.07) is 6.29. The molecule has 0 bridgehead atoms. The van der Waals surface area contributed by atoms with Crippen LogP contribution >= 0.6 is 0 Å². The average molecular weight is 417 g/mol. The second-order valence-corrected chi connectivity index (χ2v) is 9.16. The molecule has 0 aliphatic carbocycles. The Balaban J connectivity index is 1.70. The van der Waals surface area contributed by atoms with Gasteiger partial charge in [0.25, 0.3) is 0 Å². The van der Waals surface area contributed by atoms with E-state index in [1.54, 1.807) is 12.4 Å². The zero-order valence-corrected chi connectivity index (χ0v) is 16.6. The van der Waals surface area contributed by atoms with E-state index in [9.17, 15) is 22.7 Å². The van der Waals surface area contributed by atoms with Gasteiger partial charge in [0.2, 0.25) is 10.0 Å². The number of halogens is 1. The molecule has 3 aromatic rings. The third-order valence-corrected chi connectivity index (χ3v) is 7.45. The number of nitrogens with zero attached hydrogens (tertiary/aromatic N) is 3. The van der Waals surface area contributed by atoms with E-state index in [1.165, 1.54) is 23.5 Å². The summed E-state index contributed by atoms with van der Waals surface area (Å²) in [5.41, 5.74) is 2.51. The van der Waals surface area contributed by atoms with Crippen LogP contribution in [0.15, 0.2) is 47.6 Å². The monoisotopic (exact) mass is 417 g/mol. The van der Waals surface area contributed by atoms with Gasteiger partial charge in [-0.2, -0.15) is 4.31 Å². The molecule has 0 radical (unpaired) electrons. The van der Waals surface area contributed by atoms with Crippen LogP contribution in [0.2, 0.25) is 0 Å². The van der Waals surface area contributed by atoms with E-state index < -0.39 is 21.8 Å². The highest BCUT2D eigenvalue weighted by Gasteiger charge is 2.33. The molecule has 1 atom stereocenters. The highest BCUT2D eigenvalue weighted by Crippen LogP contribution is 2.33. The molecule has 152 valence electrons. The molecule has 0 spiro atoms. The zero-order chi connectivity index (χ0) is 20.8. The van der Waals surface area contributed by atoms with Crippen LogP contribution in [-0.2, 0) is 34.2 Å². The molecular weight excluding hydrogens is 397 g/mol. The third kappa shape index (κ3) is 3.40. The molecule has 2 aromatic heterocycles. The summed E-state index contributed by atoms with van der Waals surface area (Å²) in [5.74, 6) is -1.41. The van der Waals surface area contributed by atoms with E-state index in [0.717, 1.165) is 34.3 Å². The maximum atomic E-state index is 13.2. The number of carboxylic acids is 1. The lowest BCUT2D eigenvalue weighted by molar-refractivity contribution is -0.136. The third-order valence-electron chi connectivity index (χ3n) is 5.53. The van der Waals surface area contributed by atoms with Crippen molar-refractivity contribution in [1.82, 2.24) is 13.9 Å². The molecular formula is C20H20FN3O4S. The quantitative estimate of drug-likeness (QED) is 0.688. The Labute approximate surface area is 167 Å². The molecule has 0 amide bonds. The number of sulfonamides is 1. The van der Waals surface area contributed by atoms with Crippen LogP contribution < -0.4 is 0 Å². The fourth-order valence-corrected chi connectivity index (χ4v) is 5.41. The van der Waals surface area contributed by atoms with Crippen LogP contribution in [0.25, 0.3) is 10.9 Å². The van der Waals surface area contributed by atoms with E-state index in [4.69, 9.17) is 0 Å². The summed E-state index contributed by atoms with van der Waals surface area (Å²) in [6.07, 6.45) is 4.33. The summed E-state index contributed by atoms with van der Waals surface area (Å²) < 4.78 is 42.5. The molecule has 1 aromatic carbocycles. The Bertz CT molecular complexity index is 1190. The Hall–Kier alpha value is -2.78. The lowest BCUT2D eigenvalue weighted by atomic mass is 10.0. The van der Waals surface area contributed by atoms with Crippen molar-refractivity contribution in [3.63, 3.8) is 0 Å². The maximum Gasteiger partial charge on any atom is 0.307 e. The summed E-state index contributed by atoms with van der Waals surface area (Å²) in [4.78, 5) is 15.5. The van der Waals surface area contributed by atoms with E-state index >= 15 is 0 Å². The molecule has 29 heavy (non-hydrogen) atoms. The highest BCUT2D eigenvalue weighted by atomic mass is 32.2. The number of hydrogen-bond acceptors (Lipinski definition) is 4. The van der Waals surface area contributed by atoms with Crippen molar-refractivity contribution >= 4 is 26.9 Å². The van der Waals surface area contributed by atoms with Gasteiger partial charge in [-0.3, -0.25) is 9.78 Å². The number of carboxylic acid groups (broad SMARTS) is 1. The minimum absolute atomic E-state index is 0.0420. The molecule has 1 aliphatic rings. The van der Waals surface area contributed by atoms with Crippen LogP contribution in [0.4, 0.5) is 4.39 Å². The molecule has 4 rings (SSSR count). The van der Waals surface area contributed by atoms with Crippen molar-refractivity contribution < 1.29 is 22.7 Å². The van der Waals surface area contributed by atoms with Crippen molar-refractivity contribution in [2.75, 3.05) is 7.05 Å². The number of aromatic nitrogens is 2. The second kappa shape index (κ2) is 7.23. The first-order chi connectivity index (χ1) is 13.8. The predicted octanol–water partition coefficient (Wildman–Crippen LogP) is 2.44. The number of aliphatic carboxylic acids is 1. The summed E-state index contributed by atoms with van der Waals surface area (Å²) >= 11 is 0. The minimum Gasteiger partial charge on any atom is -0.481 e. The Morgan fingerprint density at radius 3 is 2.72 bits per heavy atom. The molecule has 9 heteroatoms. The lowest BCUT2D eigenvalue weighted by Gasteiger charge is -2.32. The molecule has 0 saturated carbocycles. The van der Waals surface area contributed by atoms with Gasteiger partial charge in [-0.15, -0.1) is 0 Å². The van der Waals surface area contributed by atoms with E-state index in [2.05, 4.69) is 4.98 Å². The number of carbonyl (C=O) groups is 1. The molecule has 0 fully saturated rings. The van der Waals surface area contributed by atoms with Gasteiger partial charge in [0.05, 0.1) is 16.8 Å². The highest BCUT2D eigenvalue weighted by molar-refractivity contribution is 7.89. The largest absolute Gasteiger partial charge is 0.481 e. The van der Waals surface area contributed by atoms with Crippen LogP contribution in [0.1, 0.15) is 17.7 Å². The van der Waals surface area contributed by atoms with Gasteiger partial charge in [0, 0.05) is 43.1 Å². The van der Waals surface area contributed by atoms with Crippen molar-refractivity contribution in [3.05, 3.63) is 59.8 Å². The molecule has 1 N–H and O–H groups in total. The van der Waals surface area contributed by atoms with Crippen LogP contribution in [0.3, 0.4) is 0 Å². The smallest absolute Gasteiger partial charge is 0.307 e. The Morgan fingerprint density at radius 1 is 1.31 bits per heavy atom. The van der Waals surface area contributed by atoms with E-state index in [1.807, 2.05) is 10.6 Å². The Kier molecular flexibility index (Phi) is 4.87. The number of hydrogen-bond donors (Lipinski definition) is 1. The first-order valence-corrected chi connectivity index (χ1v) is 10.6. The number of rotatable bonds is 5. The summed E-state index contributed by atoms with van der Waals surface area (Å²) in [6.45, 7) is 0.409. The van der Waals surface area contributed by atoms with E-state index in [0.29, 0.717) is 19.4 Å². The van der Waals surface area contributed by atoms with Gasteiger partial charge >= 0.3 is 5.97 Å². The van der Waals surface area contributed by atoms with Crippen molar-refractivity contribution in [2.45, 2.75) is 36.7 Å². The number of pyridine rings is 1. The Morgan fingerprint density at radius 2 is 2.03 bits per heavy atom. The van der Waals surface area contributed by atoms with Crippen LogP contribution in [0.5, 0.6) is 0 Å². The van der Waals surface area contributed by atoms with Gasteiger partial charge in [0.1, 0.15) is 5.82 Å². The topological polar surface area (TPSA) is 92.5 Å². The molecule has 3 heterocycles. The van der Waals surface area contributed by atoms with Gasteiger partial charge in [0.15, 0.2) is 0 Å². The normalized spacial score (nSPS) is 16.9. The molecule has 1 aliphatic heterocycles. The predicted molar refractivity (Wildman–Crippen MR) is 105 cm³/mol. The van der Waals surface area contributed by atoms with E-state index in [-0.39, 0.29) is 17.4 Å². The number of fused-ring (bicyclic) bond motifs is 3. The lowest BCUT2D eigenvalue weighted by Crippen LogP contribution is -2.42. The van der Waals surface area contributed by atoms with Crippen molar-refractivity contribution in [3.8, 4) is 0 Å². The number of benzene rings is 1. The van der Waals surface area contributed by atoms with Crippen molar-refractivity contribution in [2.24, 2.45) is 0 Å². The fourth-order valence-electron chi connectivity index (χ4n) is 4.03. The first-order valence-electron chi connectivity index (χ1n) is 9.18. The second-order valence-electron chi connectivity index (χ2n) is 7.17. The maximum absolute atomic E-state index is 13.2. The van der Waals surface area contributed by atoms with Gasteiger partial charge in [-0.25, -0.2) is 12.8 Å². The molecule has 7 nitrogen and oxygen atoms in total. The molecule has 0 unspecified atom stereocenters. The minimum atomic E-state index is -3.78. The SMILES string of the molecule is CN([C@@H]1CCc2c(CC(=O)O)c3cnccc3n2C1)S(=O)(=O)c1ccc(F)cc1. The van der Waals surface area contributed by atoms with Gasteiger partial charge in [-0.05, 0) is 48.7 Å². The fraction of sp³-hybridized carbons (Fsp3) is 0.300.